The zero-order valence-corrected chi connectivity index (χ0v) is 14.8. The Labute approximate surface area is 150 Å². The van der Waals surface area contributed by atoms with Gasteiger partial charge in [-0.1, -0.05) is 23.2 Å². The van der Waals surface area contributed by atoms with Crippen molar-refractivity contribution < 1.29 is 18.3 Å². The van der Waals surface area contributed by atoms with Gasteiger partial charge in [0.05, 0.1) is 11.6 Å². The molecule has 134 valence electrons. The molecule has 1 saturated heterocycles. The minimum atomic E-state index is -2.33. The van der Waals surface area contributed by atoms with Crippen LogP contribution in [0.15, 0.2) is 18.2 Å². The molecular weight excluding hydrogens is 361 g/mol. The van der Waals surface area contributed by atoms with Gasteiger partial charge in [0, 0.05) is 24.2 Å². The molecule has 0 spiro atoms. The molecule has 1 aliphatic heterocycles. The van der Waals surface area contributed by atoms with E-state index in [1.165, 1.54) is 0 Å². The summed E-state index contributed by atoms with van der Waals surface area (Å²) in [6, 6.07) is 4.75. The molecule has 4 nitrogen and oxygen atoms in total. The normalized spacial score (nSPS) is 17.8. The highest BCUT2D eigenvalue weighted by Gasteiger charge is 2.25. The number of carbonyl (C=O) groups is 1. The fourth-order valence-corrected chi connectivity index (χ4v) is 3.04. The predicted octanol–water partition coefficient (Wildman–Crippen LogP) is 3.61. The van der Waals surface area contributed by atoms with Crippen molar-refractivity contribution in [2.24, 2.45) is 0 Å². The van der Waals surface area contributed by atoms with E-state index >= 15 is 0 Å². The molecule has 0 aromatic heterocycles. The van der Waals surface area contributed by atoms with E-state index in [9.17, 15) is 13.6 Å². The fraction of sp³-hybridized carbons (Fsp3) is 0.562. The lowest BCUT2D eigenvalue weighted by Crippen LogP contribution is -2.48. The van der Waals surface area contributed by atoms with Crippen LogP contribution in [0.1, 0.15) is 19.8 Å². The maximum atomic E-state index is 12.3. The van der Waals surface area contributed by atoms with Crippen molar-refractivity contribution in [3.63, 3.8) is 0 Å². The number of likely N-dealkylation sites (tertiary alicyclic amines) is 1. The summed E-state index contributed by atoms with van der Waals surface area (Å²) in [5.41, 5.74) is 0. The standard InChI is InChI=1S/C16H20Cl2F2N2O2/c1-10(24-14-3-2-11(17)8-13(14)18)16(23)21-12-4-6-22(7-5-12)9-15(19)20/h2-3,8,10,12,15H,4-7,9H2,1H3,(H,21,23)/t10-/m1/s1. The van der Waals surface area contributed by atoms with Gasteiger partial charge in [0.15, 0.2) is 6.10 Å². The van der Waals surface area contributed by atoms with Crippen molar-refractivity contribution >= 4 is 29.1 Å². The Morgan fingerprint density at radius 1 is 1.38 bits per heavy atom. The number of benzene rings is 1. The summed E-state index contributed by atoms with van der Waals surface area (Å²) in [4.78, 5) is 13.9. The molecule has 0 bridgehead atoms. The lowest BCUT2D eigenvalue weighted by atomic mass is 10.0. The molecule has 1 aromatic carbocycles. The first-order valence-corrected chi connectivity index (χ1v) is 8.53. The van der Waals surface area contributed by atoms with Gasteiger partial charge in [-0.25, -0.2) is 8.78 Å². The Balaban J connectivity index is 1.80. The molecule has 0 aliphatic carbocycles. The van der Waals surface area contributed by atoms with Crippen LogP contribution in [-0.2, 0) is 4.79 Å². The molecule has 1 aromatic rings. The number of ether oxygens (including phenoxy) is 1. The topological polar surface area (TPSA) is 41.6 Å². The van der Waals surface area contributed by atoms with Gasteiger partial charge in [0.2, 0.25) is 0 Å². The van der Waals surface area contributed by atoms with Crippen LogP contribution in [0.3, 0.4) is 0 Å². The Hall–Kier alpha value is -1.11. The van der Waals surface area contributed by atoms with Crippen LogP contribution in [0.2, 0.25) is 10.0 Å². The Morgan fingerprint density at radius 2 is 2.04 bits per heavy atom. The van der Waals surface area contributed by atoms with Crippen molar-refractivity contribution in [3.8, 4) is 5.75 Å². The monoisotopic (exact) mass is 380 g/mol. The van der Waals surface area contributed by atoms with Gasteiger partial charge in [-0.3, -0.25) is 9.69 Å². The number of alkyl halides is 2. The summed E-state index contributed by atoms with van der Waals surface area (Å²) in [5.74, 6) is 0.129. The third-order valence-electron chi connectivity index (χ3n) is 3.90. The smallest absolute Gasteiger partial charge is 0.260 e. The highest BCUT2D eigenvalue weighted by Crippen LogP contribution is 2.28. The van der Waals surface area contributed by atoms with E-state index < -0.39 is 12.5 Å². The van der Waals surface area contributed by atoms with E-state index in [1.54, 1.807) is 30.0 Å². The number of nitrogens with zero attached hydrogens (tertiary/aromatic N) is 1. The predicted molar refractivity (Wildman–Crippen MR) is 90.2 cm³/mol. The maximum absolute atomic E-state index is 12.3. The largest absolute Gasteiger partial charge is 0.479 e. The molecule has 1 heterocycles. The van der Waals surface area contributed by atoms with Crippen LogP contribution in [0.25, 0.3) is 0 Å². The van der Waals surface area contributed by atoms with Crippen LogP contribution < -0.4 is 10.1 Å². The van der Waals surface area contributed by atoms with Crippen molar-refractivity contribution in [3.05, 3.63) is 28.2 Å². The summed E-state index contributed by atoms with van der Waals surface area (Å²) in [5, 5.41) is 3.72. The molecule has 24 heavy (non-hydrogen) atoms. The first kappa shape index (κ1) is 19.2. The van der Waals surface area contributed by atoms with E-state index in [4.69, 9.17) is 27.9 Å². The van der Waals surface area contributed by atoms with E-state index in [0.717, 1.165) is 0 Å². The van der Waals surface area contributed by atoms with Crippen molar-refractivity contribution in [1.29, 1.82) is 0 Å². The molecular formula is C16H20Cl2F2N2O2. The first-order chi connectivity index (χ1) is 11.3. The number of amides is 1. The van der Waals surface area contributed by atoms with E-state index in [0.29, 0.717) is 41.7 Å². The fourth-order valence-electron chi connectivity index (χ4n) is 2.59. The third-order valence-corrected chi connectivity index (χ3v) is 4.43. The van der Waals surface area contributed by atoms with Gasteiger partial charge >= 0.3 is 0 Å². The summed E-state index contributed by atoms with van der Waals surface area (Å²) < 4.78 is 30.3. The quantitative estimate of drug-likeness (QED) is 0.819. The van der Waals surface area contributed by atoms with Gasteiger partial charge in [-0.2, -0.15) is 0 Å². The zero-order chi connectivity index (χ0) is 17.7. The van der Waals surface area contributed by atoms with Gasteiger partial charge in [0.25, 0.3) is 12.3 Å². The summed E-state index contributed by atoms with van der Waals surface area (Å²) in [6.45, 7) is 2.52. The van der Waals surface area contributed by atoms with E-state index in [-0.39, 0.29) is 18.5 Å². The molecule has 2 rings (SSSR count). The molecule has 0 saturated carbocycles. The Morgan fingerprint density at radius 3 is 2.62 bits per heavy atom. The van der Waals surface area contributed by atoms with E-state index in [2.05, 4.69) is 5.32 Å². The molecule has 8 heteroatoms. The first-order valence-electron chi connectivity index (χ1n) is 7.77. The van der Waals surface area contributed by atoms with Crippen molar-refractivity contribution in [1.82, 2.24) is 10.2 Å². The number of piperidine rings is 1. The molecule has 1 amide bonds. The molecule has 1 aliphatic rings. The lowest BCUT2D eigenvalue weighted by molar-refractivity contribution is -0.128. The van der Waals surface area contributed by atoms with Crippen LogP contribution in [0.4, 0.5) is 8.78 Å². The SMILES string of the molecule is C[C@@H](Oc1ccc(Cl)cc1Cl)C(=O)NC1CCN(CC(F)F)CC1. The van der Waals surface area contributed by atoms with Gasteiger partial charge in [-0.15, -0.1) is 0 Å². The average molecular weight is 381 g/mol. The highest BCUT2D eigenvalue weighted by molar-refractivity contribution is 6.35. The zero-order valence-electron chi connectivity index (χ0n) is 13.3. The lowest BCUT2D eigenvalue weighted by Gasteiger charge is -2.32. The van der Waals surface area contributed by atoms with Crippen LogP contribution in [0.5, 0.6) is 5.75 Å². The highest BCUT2D eigenvalue weighted by atomic mass is 35.5. The second kappa shape index (κ2) is 8.83. The Kier molecular flexibility index (Phi) is 7.07. The number of nitrogens with one attached hydrogen (secondary N) is 1. The molecule has 1 fully saturated rings. The molecule has 0 radical (unpaired) electrons. The Bertz CT molecular complexity index is 567. The minimum absolute atomic E-state index is 0.0295. The summed E-state index contributed by atoms with van der Waals surface area (Å²) in [6.07, 6.45) is -1.75. The third kappa shape index (κ3) is 5.76. The average Bonchev–Trinajstić information content (AvgIpc) is 2.51. The number of rotatable bonds is 6. The molecule has 1 atom stereocenters. The van der Waals surface area contributed by atoms with Gasteiger partial charge in [0.1, 0.15) is 5.75 Å². The summed E-state index contributed by atoms with van der Waals surface area (Å²) >= 11 is 11.8. The van der Waals surface area contributed by atoms with Crippen molar-refractivity contribution in [2.75, 3.05) is 19.6 Å². The van der Waals surface area contributed by atoms with Crippen LogP contribution in [-0.4, -0.2) is 49.0 Å². The van der Waals surface area contributed by atoms with Crippen LogP contribution >= 0.6 is 23.2 Å². The van der Waals surface area contributed by atoms with Crippen molar-refractivity contribution in [2.45, 2.75) is 38.3 Å². The second-order valence-corrected chi connectivity index (χ2v) is 6.65. The minimum Gasteiger partial charge on any atom is -0.479 e. The van der Waals surface area contributed by atoms with Gasteiger partial charge < -0.3 is 10.1 Å². The second-order valence-electron chi connectivity index (χ2n) is 5.81. The summed E-state index contributed by atoms with van der Waals surface area (Å²) in [7, 11) is 0. The number of carbonyl (C=O) groups excluding carboxylic acids is 1. The van der Waals surface area contributed by atoms with Gasteiger partial charge in [-0.05, 0) is 38.0 Å². The molecule has 0 unspecified atom stereocenters. The molecule has 1 N–H and O–H groups in total. The number of hydrogen-bond acceptors (Lipinski definition) is 3. The number of halogens is 4. The maximum Gasteiger partial charge on any atom is 0.260 e. The van der Waals surface area contributed by atoms with Crippen LogP contribution in [0, 0.1) is 0 Å². The number of hydrogen-bond donors (Lipinski definition) is 1. The van der Waals surface area contributed by atoms with E-state index in [1.807, 2.05) is 0 Å².